The molecule has 3 rings (SSSR count). The number of rotatable bonds is 8. The summed E-state index contributed by atoms with van der Waals surface area (Å²) in [4.78, 5) is 27.6. The molecule has 0 saturated carbocycles. The smallest absolute Gasteiger partial charge is 0.308 e. The van der Waals surface area contributed by atoms with Crippen molar-refractivity contribution in [2.24, 2.45) is 0 Å². The Bertz CT molecular complexity index is 1140. The van der Waals surface area contributed by atoms with Gasteiger partial charge in [0.1, 0.15) is 5.75 Å². The Balaban J connectivity index is 1.96. The number of halogens is 2. The van der Waals surface area contributed by atoms with Crippen molar-refractivity contribution in [3.05, 3.63) is 80.2 Å². The van der Waals surface area contributed by atoms with Crippen LogP contribution in [0.15, 0.2) is 53.5 Å². The number of aliphatic carboxylic acids is 1. The van der Waals surface area contributed by atoms with E-state index in [0.717, 1.165) is 5.56 Å². The number of hydrogen-bond donors (Lipinski definition) is 2. The van der Waals surface area contributed by atoms with Crippen molar-refractivity contribution in [1.29, 1.82) is 0 Å². The largest absolute Gasteiger partial charge is 0.489 e. The summed E-state index contributed by atoms with van der Waals surface area (Å²) in [6.45, 7) is 4.16. The minimum absolute atomic E-state index is 0.0238. The second-order valence-electron chi connectivity index (χ2n) is 7.16. The van der Waals surface area contributed by atoms with Gasteiger partial charge in [-0.15, -0.1) is 0 Å². The van der Waals surface area contributed by atoms with Crippen LogP contribution in [-0.4, -0.2) is 26.7 Å². The zero-order valence-electron chi connectivity index (χ0n) is 16.9. The minimum atomic E-state index is -1.11. The monoisotopic (exact) mass is 461 g/mol. The predicted octanol–water partition coefficient (Wildman–Crippen LogP) is 4.76. The number of carbonyl (C=O) groups is 1. The maximum absolute atomic E-state index is 12.4. The molecule has 0 amide bonds. The Hall–Kier alpha value is -3.03. The van der Waals surface area contributed by atoms with E-state index in [-0.39, 0.29) is 17.6 Å². The Morgan fingerprint density at radius 1 is 1.19 bits per heavy atom. The van der Waals surface area contributed by atoms with Gasteiger partial charge in [-0.3, -0.25) is 9.59 Å². The summed E-state index contributed by atoms with van der Waals surface area (Å²) in [6.07, 6.45) is 1.06. The molecule has 0 spiro atoms. The summed E-state index contributed by atoms with van der Waals surface area (Å²) in [5.41, 5.74) is 0.982. The second-order valence-corrected chi connectivity index (χ2v) is 8.00. The predicted molar refractivity (Wildman–Crippen MR) is 121 cm³/mol. The molecule has 3 aromatic rings. The third-order valence-corrected chi connectivity index (χ3v) is 4.77. The molecule has 0 fully saturated rings. The lowest BCUT2D eigenvalue weighted by molar-refractivity contribution is -0.136. The number of anilines is 2. The molecule has 1 heterocycles. The third kappa shape index (κ3) is 6.23. The summed E-state index contributed by atoms with van der Waals surface area (Å²) < 4.78 is 7.31. The number of hydrogen-bond acceptors (Lipinski definition) is 5. The molecule has 0 radical (unpaired) electrons. The lowest BCUT2D eigenvalue weighted by Gasteiger charge is -2.17. The Morgan fingerprint density at radius 2 is 1.90 bits per heavy atom. The zero-order chi connectivity index (χ0) is 22.5. The summed E-state index contributed by atoms with van der Waals surface area (Å²) in [7, 11) is 0. The van der Waals surface area contributed by atoms with Crippen molar-refractivity contribution >= 4 is 40.8 Å². The normalized spacial score (nSPS) is 10.9. The van der Waals surface area contributed by atoms with Gasteiger partial charge in [-0.05, 0) is 49.7 Å². The van der Waals surface area contributed by atoms with Gasteiger partial charge in [-0.2, -0.15) is 4.98 Å². The number of aromatic nitrogens is 2. The third-order valence-electron chi connectivity index (χ3n) is 4.22. The molecule has 0 aliphatic rings. The number of carboxylic acid groups (broad SMARTS) is 1. The summed E-state index contributed by atoms with van der Waals surface area (Å²) in [5, 5.41) is 13.2. The average molecular weight is 462 g/mol. The van der Waals surface area contributed by atoms with Crippen LogP contribution in [0, 0.1) is 0 Å². The first-order valence-electron chi connectivity index (χ1n) is 9.51. The topological polar surface area (TPSA) is 93.4 Å². The molecule has 0 bridgehead atoms. The molecule has 9 heteroatoms. The minimum Gasteiger partial charge on any atom is -0.489 e. The van der Waals surface area contributed by atoms with Crippen molar-refractivity contribution in [3.8, 4) is 5.75 Å². The van der Waals surface area contributed by atoms with Crippen molar-refractivity contribution in [2.75, 3.05) is 5.32 Å². The van der Waals surface area contributed by atoms with Crippen LogP contribution in [0.25, 0.3) is 0 Å². The second kappa shape index (κ2) is 9.85. The number of ether oxygens (including phenoxy) is 1. The molecule has 0 aliphatic heterocycles. The first-order chi connectivity index (χ1) is 14.7. The van der Waals surface area contributed by atoms with Gasteiger partial charge < -0.3 is 19.7 Å². The van der Waals surface area contributed by atoms with Crippen LogP contribution in [0.3, 0.4) is 0 Å². The van der Waals surface area contributed by atoms with Gasteiger partial charge >= 0.3 is 5.97 Å². The number of benzene rings is 2. The standard InChI is InChI=1S/C22H21Cl2N3O4/c1-13(2)31-19-8-7-17(10-18(19)24)25-22-26-21(30)15(9-20(28)29)12-27(22)11-14-3-5-16(23)6-4-14/h3-8,10,12-13H,9,11H2,1-2H3,(H,28,29)(H,25,26,30). The van der Waals surface area contributed by atoms with Crippen molar-refractivity contribution in [3.63, 3.8) is 0 Å². The molecule has 2 aromatic carbocycles. The van der Waals surface area contributed by atoms with E-state index in [1.54, 1.807) is 34.9 Å². The molecule has 2 N–H and O–H groups in total. The van der Waals surface area contributed by atoms with E-state index in [0.29, 0.717) is 28.0 Å². The highest BCUT2D eigenvalue weighted by molar-refractivity contribution is 6.32. The molecule has 7 nitrogen and oxygen atoms in total. The van der Waals surface area contributed by atoms with Gasteiger partial charge in [0.15, 0.2) is 0 Å². The van der Waals surface area contributed by atoms with E-state index in [4.69, 9.17) is 33.0 Å². The fraction of sp³-hybridized carbons (Fsp3) is 0.227. The quantitative estimate of drug-likeness (QED) is 0.502. The maximum Gasteiger partial charge on any atom is 0.308 e. The number of carboxylic acids is 1. The van der Waals surface area contributed by atoms with E-state index in [1.807, 2.05) is 26.0 Å². The molecular formula is C22H21Cl2N3O4. The van der Waals surface area contributed by atoms with Gasteiger partial charge in [0.2, 0.25) is 5.95 Å². The van der Waals surface area contributed by atoms with Crippen LogP contribution in [0.1, 0.15) is 25.0 Å². The molecular weight excluding hydrogens is 441 g/mol. The molecule has 0 saturated heterocycles. The maximum atomic E-state index is 12.4. The zero-order valence-corrected chi connectivity index (χ0v) is 18.4. The van der Waals surface area contributed by atoms with Crippen LogP contribution in [-0.2, 0) is 17.8 Å². The van der Waals surface area contributed by atoms with Crippen molar-refractivity contribution < 1.29 is 14.6 Å². The molecule has 162 valence electrons. The van der Waals surface area contributed by atoms with Crippen LogP contribution in [0.5, 0.6) is 5.75 Å². The molecule has 1 aromatic heterocycles. The average Bonchev–Trinajstić information content (AvgIpc) is 2.68. The molecule has 0 unspecified atom stereocenters. The van der Waals surface area contributed by atoms with Crippen LogP contribution in [0.4, 0.5) is 11.6 Å². The molecule has 0 aliphatic carbocycles. The fourth-order valence-electron chi connectivity index (χ4n) is 2.88. The molecule has 31 heavy (non-hydrogen) atoms. The van der Waals surface area contributed by atoms with Crippen LogP contribution >= 0.6 is 23.2 Å². The van der Waals surface area contributed by atoms with E-state index in [2.05, 4.69) is 10.3 Å². The van der Waals surface area contributed by atoms with E-state index in [9.17, 15) is 9.59 Å². The van der Waals surface area contributed by atoms with Crippen LogP contribution < -0.4 is 15.6 Å². The highest BCUT2D eigenvalue weighted by Gasteiger charge is 2.13. The highest BCUT2D eigenvalue weighted by Crippen LogP contribution is 2.29. The van der Waals surface area contributed by atoms with Gasteiger partial charge in [0, 0.05) is 22.5 Å². The Kier molecular flexibility index (Phi) is 7.20. The SMILES string of the molecule is CC(C)Oc1ccc(Nc2nc(=O)c(CC(=O)O)cn2Cc2ccc(Cl)cc2)cc1Cl. The summed E-state index contributed by atoms with van der Waals surface area (Å²) >= 11 is 12.3. The summed E-state index contributed by atoms with van der Waals surface area (Å²) in [5.74, 6) is -0.307. The van der Waals surface area contributed by atoms with Crippen LogP contribution in [0.2, 0.25) is 10.0 Å². The first-order valence-corrected chi connectivity index (χ1v) is 10.3. The Labute approximate surface area is 189 Å². The van der Waals surface area contributed by atoms with Gasteiger partial charge in [0.25, 0.3) is 5.56 Å². The fourth-order valence-corrected chi connectivity index (χ4v) is 3.24. The van der Waals surface area contributed by atoms with Crippen molar-refractivity contribution in [2.45, 2.75) is 32.9 Å². The lowest BCUT2D eigenvalue weighted by Crippen LogP contribution is -2.22. The van der Waals surface area contributed by atoms with E-state index < -0.39 is 17.9 Å². The van der Waals surface area contributed by atoms with Gasteiger partial charge in [0.05, 0.1) is 24.1 Å². The highest BCUT2D eigenvalue weighted by atomic mass is 35.5. The number of nitrogens with zero attached hydrogens (tertiary/aromatic N) is 2. The summed E-state index contributed by atoms with van der Waals surface area (Å²) in [6, 6.07) is 12.4. The lowest BCUT2D eigenvalue weighted by atomic mass is 10.2. The molecule has 0 atom stereocenters. The van der Waals surface area contributed by atoms with E-state index in [1.165, 1.54) is 6.20 Å². The number of nitrogens with one attached hydrogen (secondary N) is 1. The Morgan fingerprint density at radius 3 is 2.52 bits per heavy atom. The first kappa shape index (κ1) is 22.7. The van der Waals surface area contributed by atoms with Crippen molar-refractivity contribution in [1.82, 2.24) is 9.55 Å². The van der Waals surface area contributed by atoms with Gasteiger partial charge in [-0.25, -0.2) is 0 Å². The van der Waals surface area contributed by atoms with Gasteiger partial charge in [-0.1, -0.05) is 35.3 Å². The van der Waals surface area contributed by atoms with E-state index >= 15 is 0 Å².